The number of hydrogen-bond acceptors (Lipinski definition) is 7. The average molecular weight is 656 g/mol. The summed E-state index contributed by atoms with van der Waals surface area (Å²) >= 11 is 6.10. The Kier molecular flexibility index (Phi) is 10.1. The van der Waals surface area contributed by atoms with Crippen molar-refractivity contribution >= 4 is 35.2 Å². The quantitative estimate of drug-likeness (QED) is 0.207. The highest BCUT2D eigenvalue weighted by molar-refractivity contribution is 6.31. The summed E-state index contributed by atoms with van der Waals surface area (Å²) < 4.78 is 11.0. The number of aromatic nitrogens is 2. The summed E-state index contributed by atoms with van der Waals surface area (Å²) in [7, 11) is 0. The third kappa shape index (κ3) is 8.49. The Balaban J connectivity index is 1.29. The minimum absolute atomic E-state index is 0.00963. The number of H-pyrrole nitrogens is 1. The van der Waals surface area contributed by atoms with E-state index < -0.39 is 35.6 Å². The van der Waals surface area contributed by atoms with Crippen LogP contribution >= 0.6 is 11.6 Å². The van der Waals surface area contributed by atoms with Crippen molar-refractivity contribution in [2.24, 2.45) is 0 Å². The van der Waals surface area contributed by atoms with Gasteiger partial charge in [-0.3, -0.25) is 14.7 Å². The van der Waals surface area contributed by atoms with E-state index in [0.29, 0.717) is 38.7 Å². The molecule has 4 aromatic rings. The molecule has 1 aliphatic heterocycles. The van der Waals surface area contributed by atoms with Gasteiger partial charge in [0.15, 0.2) is 0 Å². The zero-order valence-electron chi connectivity index (χ0n) is 26.0. The largest absolute Gasteiger partial charge is 0.507 e. The average Bonchev–Trinajstić information content (AvgIpc) is 3.52. The number of aromatic amines is 1. The van der Waals surface area contributed by atoms with Crippen molar-refractivity contribution in [1.82, 2.24) is 20.4 Å². The van der Waals surface area contributed by atoms with Gasteiger partial charge in [0.25, 0.3) is 5.91 Å². The summed E-state index contributed by atoms with van der Waals surface area (Å²) in [6.45, 7) is 5.59. The topological polar surface area (TPSA) is 146 Å². The van der Waals surface area contributed by atoms with Crippen LogP contribution in [0.1, 0.15) is 43.5 Å². The van der Waals surface area contributed by atoms with Crippen LogP contribution in [0.15, 0.2) is 79.0 Å². The van der Waals surface area contributed by atoms with Crippen LogP contribution in [0.4, 0.5) is 10.5 Å². The highest BCUT2D eigenvalue weighted by Crippen LogP contribution is 2.32. The number of phenolic OH excluding ortho intramolecular Hbond substituents is 1. The van der Waals surface area contributed by atoms with Crippen LogP contribution < -0.4 is 10.6 Å². The molecule has 0 spiro atoms. The Morgan fingerprint density at radius 2 is 1.83 bits per heavy atom. The number of benzene rings is 3. The summed E-state index contributed by atoms with van der Waals surface area (Å²) in [4.78, 5) is 41.5. The lowest BCUT2D eigenvalue weighted by Gasteiger charge is -2.37. The minimum atomic E-state index is -1.07. The van der Waals surface area contributed by atoms with Gasteiger partial charge in [0.05, 0.1) is 30.7 Å². The number of aromatic hydroxyl groups is 1. The number of nitrogens with one attached hydrogen (secondary N) is 3. The highest BCUT2D eigenvalue weighted by atomic mass is 35.5. The van der Waals surface area contributed by atoms with Crippen molar-refractivity contribution < 1.29 is 29.0 Å². The molecule has 47 heavy (non-hydrogen) atoms. The summed E-state index contributed by atoms with van der Waals surface area (Å²) in [5, 5.41) is 23.2. The van der Waals surface area contributed by atoms with Gasteiger partial charge in [-0.15, -0.1) is 0 Å². The molecule has 1 aliphatic rings. The van der Waals surface area contributed by atoms with E-state index in [2.05, 4.69) is 32.7 Å². The maximum absolute atomic E-state index is 13.9. The van der Waals surface area contributed by atoms with Crippen molar-refractivity contribution in [2.45, 2.75) is 38.5 Å². The number of phenols is 1. The number of ether oxygens (including phenoxy) is 2. The summed E-state index contributed by atoms with van der Waals surface area (Å²) in [5.41, 5.74) is 2.54. The molecule has 3 amide bonds. The summed E-state index contributed by atoms with van der Waals surface area (Å²) in [6, 6.07) is 18.4. The lowest BCUT2D eigenvalue weighted by molar-refractivity contribution is -0.148. The molecule has 1 fully saturated rings. The Morgan fingerprint density at radius 1 is 1.09 bits per heavy atom. The first-order valence-corrected chi connectivity index (χ1v) is 15.2. The van der Waals surface area contributed by atoms with Gasteiger partial charge in [0, 0.05) is 28.4 Å². The van der Waals surface area contributed by atoms with Gasteiger partial charge in [-0.2, -0.15) is 5.10 Å². The van der Waals surface area contributed by atoms with Gasteiger partial charge in [-0.25, -0.2) is 4.79 Å². The number of alkyl carbamates (subject to hydrolysis) is 1. The maximum Gasteiger partial charge on any atom is 0.408 e. The molecular weight excluding hydrogens is 622 g/mol. The number of halogens is 1. The van der Waals surface area contributed by atoms with Crippen molar-refractivity contribution in [3.8, 4) is 28.8 Å². The zero-order valence-corrected chi connectivity index (χ0v) is 26.8. The van der Waals surface area contributed by atoms with Crippen molar-refractivity contribution in [1.29, 1.82) is 0 Å². The minimum Gasteiger partial charge on any atom is -0.507 e. The Bertz CT molecular complexity index is 1810. The molecule has 2 heterocycles. The first-order valence-electron chi connectivity index (χ1n) is 14.9. The van der Waals surface area contributed by atoms with Gasteiger partial charge < -0.3 is 30.1 Å². The van der Waals surface area contributed by atoms with Crippen LogP contribution in [-0.4, -0.2) is 69.5 Å². The zero-order chi connectivity index (χ0) is 33.6. The fourth-order valence-corrected chi connectivity index (χ4v) is 5.08. The van der Waals surface area contributed by atoms with Crippen molar-refractivity contribution in [2.75, 3.05) is 25.1 Å². The number of anilines is 1. The number of carbonyl (C=O) groups is 3. The monoisotopic (exact) mass is 655 g/mol. The van der Waals surface area contributed by atoms with Crippen molar-refractivity contribution in [3.05, 3.63) is 101 Å². The lowest BCUT2D eigenvalue weighted by Crippen LogP contribution is -2.57. The normalized spacial score (nSPS) is 15.1. The van der Waals surface area contributed by atoms with Gasteiger partial charge >= 0.3 is 6.09 Å². The number of nitrogens with zero attached hydrogens (tertiary/aromatic N) is 2. The lowest BCUT2D eigenvalue weighted by atomic mass is 10.0. The third-order valence-corrected chi connectivity index (χ3v) is 7.35. The molecule has 0 unspecified atom stereocenters. The van der Waals surface area contributed by atoms with E-state index in [1.165, 1.54) is 11.0 Å². The second kappa shape index (κ2) is 14.4. The summed E-state index contributed by atoms with van der Waals surface area (Å²) in [5.74, 6) is 5.25. The first kappa shape index (κ1) is 33.1. The molecule has 1 saturated heterocycles. The van der Waals surface area contributed by atoms with E-state index in [0.717, 1.165) is 0 Å². The van der Waals surface area contributed by atoms with E-state index in [4.69, 9.17) is 21.1 Å². The van der Waals surface area contributed by atoms with E-state index in [1.807, 2.05) is 6.07 Å². The molecular formula is C35H34ClN5O6. The molecule has 1 aromatic heterocycles. The molecule has 0 saturated carbocycles. The van der Waals surface area contributed by atoms with Gasteiger partial charge in [0.1, 0.15) is 23.4 Å². The number of amides is 3. The predicted molar refractivity (Wildman–Crippen MR) is 177 cm³/mol. The fourth-order valence-electron chi connectivity index (χ4n) is 4.91. The standard InChI is InChI=1S/C35H34ClN5O6/c1-35(2,3)47-34(45)39-31(23-7-5-4-6-8-23)33(44)41-17-18-46-21-28(41)32(43)38-26-14-10-22(11-15-26)9-12-24-20-37-40-30(24)27-19-25(36)13-16-29(27)42/h4-8,10-11,13-16,19-20,28,31,42H,17-18,21H2,1-3H3,(H,37,40)(H,38,43)(H,39,45)/t28-,31+/m0/s1. The van der Waals surface area contributed by atoms with E-state index in [1.54, 1.807) is 87.6 Å². The van der Waals surface area contributed by atoms with Crippen LogP contribution in [-0.2, 0) is 19.1 Å². The molecule has 242 valence electrons. The second-order valence-electron chi connectivity index (χ2n) is 11.7. The molecule has 3 aromatic carbocycles. The number of rotatable bonds is 6. The van der Waals surface area contributed by atoms with Crippen molar-refractivity contribution in [3.63, 3.8) is 0 Å². The Labute approximate surface area is 277 Å². The van der Waals surface area contributed by atoms with Gasteiger partial charge in [-0.05, 0) is 68.8 Å². The fraction of sp³-hybridized carbons (Fsp3) is 0.257. The van der Waals surface area contributed by atoms with Crippen LogP contribution in [0.5, 0.6) is 5.75 Å². The van der Waals surface area contributed by atoms with Crippen LogP contribution in [0.2, 0.25) is 5.02 Å². The first-order chi connectivity index (χ1) is 22.5. The van der Waals surface area contributed by atoms with Crippen LogP contribution in [0.3, 0.4) is 0 Å². The summed E-state index contributed by atoms with van der Waals surface area (Å²) in [6.07, 6.45) is 0.811. The Hall–Kier alpha value is -5.31. The predicted octanol–water partition coefficient (Wildman–Crippen LogP) is 5.27. The molecule has 12 heteroatoms. The SMILES string of the molecule is CC(C)(C)OC(=O)N[C@@H](C(=O)N1CCOC[C@H]1C(=O)Nc1ccc(C#Cc2cn[nH]c2-c2cc(Cl)ccc2O)cc1)c1ccccc1. The third-order valence-electron chi connectivity index (χ3n) is 7.12. The molecule has 0 aliphatic carbocycles. The molecule has 0 radical (unpaired) electrons. The van der Waals surface area contributed by atoms with Gasteiger partial charge in [-0.1, -0.05) is 53.8 Å². The molecule has 2 atom stereocenters. The number of carbonyl (C=O) groups excluding carboxylic acids is 3. The van der Waals surface area contributed by atoms with Crippen LogP contribution in [0, 0.1) is 11.8 Å². The molecule has 11 nitrogen and oxygen atoms in total. The number of morpholine rings is 1. The molecule has 5 rings (SSSR count). The molecule has 0 bridgehead atoms. The molecule has 4 N–H and O–H groups in total. The number of hydrogen-bond donors (Lipinski definition) is 4. The van der Waals surface area contributed by atoms with E-state index in [9.17, 15) is 19.5 Å². The van der Waals surface area contributed by atoms with Crippen LogP contribution in [0.25, 0.3) is 11.3 Å². The van der Waals surface area contributed by atoms with Gasteiger partial charge in [0.2, 0.25) is 5.91 Å². The van der Waals surface area contributed by atoms with E-state index in [-0.39, 0.29) is 25.5 Å². The maximum atomic E-state index is 13.9. The second-order valence-corrected chi connectivity index (χ2v) is 12.2. The Morgan fingerprint density at radius 3 is 2.55 bits per heavy atom. The highest BCUT2D eigenvalue weighted by Gasteiger charge is 2.38. The van der Waals surface area contributed by atoms with E-state index >= 15 is 0 Å². The smallest absolute Gasteiger partial charge is 0.408 e.